The lowest BCUT2D eigenvalue weighted by molar-refractivity contribution is -0.126. The number of hydrogen-bond acceptors (Lipinski definition) is 2. The van der Waals surface area contributed by atoms with E-state index >= 15 is 0 Å². The Hall–Kier alpha value is -1.36. The second-order valence-electron chi connectivity index (χ2n) is 4.89. The second kappa shape index (κ2) is 6.70. The first-order valence-electron chi connectivity index (χ1n) is 6.15. The smallest absolute Gasteiger partial charge is 0.247 e. The molecule has 0 bridgehead atoms. The maximum atomic E-state index is 12.2. The highest BCUT2D eigenvalue weighted by atomic mass is 79.9. The molecule has 0 heterocycles. The van der Waals surface area contributed by atoms with Crippen molar-refractivity contribution in [2.45, 2.75) is 33.7 Å². The Morgan fingerprint density at radius 1 is 1.26 bits per heavy atom. The summed E-state index contributed by atoms with van der Waals surface area (Å²) in [6.07, 6.45) is 0. The van der Waals surface area contributed by atoms with Crippen LogP contribution in [0.5, 0.6) is 0 Å². The van der Waals surface area contributed by atoms with Gasteiger partial charge in [-0.15, -0.1) is 0 Å². The summed E-state index contributed by atoms with van der Waals surface area (Å²) in [5, 5.41) is 5.49. The van der Waals surface area contributed by atoms with Gasteiger partial charge in [0.05, 0.1) is 5.69 Å². The fraction of sp³-hybridized carbons (Fsp3) is 0.429. The molecule has 0 radical (unpaired) electrons. The van der Waals surface area contributed by atoms with Gasteiger partial charge in [-0.2, -0.15) is 0 Å². The average molecular weight is 327 g/mol. The SMILES string of the molecule is CC(=O)N[C@@H](C(=O)Nc1ccc(C)cc1Br)C(C)C. The molecule has 1 aromatic carbocycles. The van der Waals surface area contributed by atoms with Crippen molar-refractivity contribution in [1.29, 1.82) is 0 Å². The molecule has 5 heteroatoms. The summed E-state index contributed by atoms with van der Waals surface area (Å²) in [7, 11) is 0. The molecule has 0 aromatic heterocycles. The highest BCUT2D eigenvalue weighted by Crippen LogP contribution is 2.23. The number of anilines is 1. The first-order valence-corrected chi connectivity index (χ1v) is 6.94. The molecule has 0 aliphatic rings. The van der Waals surface area contributed by atoms with E-state index in [-0.39, 0.29) is 17.7 Å². The molecule has 0 fully saturated rings. The Balaban J connectivity index is 2.84. The van der Waals surface area contributed by atoms with Gasteiger partial charge in [0.25, 0.3) is 0 Å². The number of carbonyl (C=O) groups is 2. The number of carbonyl (C=O) groups excluding carboxylic acids is 2. The molecule has 104 valence electrons. The quantitative estimate of drug-likeness (QED) is 0.893. The predicted octanol–water partition coefficient (Wildman–Crippen LogP) is 2.86. The third-order valence-corrected chi connectivity index (χ3v) is 3.35. The van der Waals surface area contributed by atoms with Gasteiger partial charge >= 0.3 is 0 Å². The molecule has 0 saturated carbocycles. The van der Waals surface area contributed by atoms with E-state index < -0.39 is 6.04 Å². The van der Waals surface area contributed by atoms with Crippen LogP contribution in [0.2, 0.25) is 0 Å². The van der Waals surface area contributed by atoms with Crippen molar-refractivity contribution in [1.82, 2.24) is 5.32 Å². The standard InChI is InChI=1S/C14H19BrN2O2/c1-8(2)13(16-10(4)18)14(19)17-12-6-5-9(3)7-11(12)15/h5-8,13H,1-4H3,(H,16,18)(H,17,19)/t13-/m1/s1. The average Bonchev–Trinajstić information content (AvgIpc) is 2.29. The molecule has 2 N–H and O–H groups in total. The summed E-state index contributed by atoms with van der Waals surface area (Å²) < 4.78 is 0.825. The van der Waals surface area contributed by atoms with E-state index in [0.717, 1.165) is 10.0 Å². The predicted molar refractivity (Wildman–Crippen MR) is 80.0 cm³/mol. The number of benzene rings is 1. The Morgan fingerprint density at radius 3 is 2.37 bits per heavy atom. The molecule has 0 aliphatic heterocycles. The minimum atomic E-state index is -0.536. The van der Waals surface area contributed by atoms with Crippen LogP contribution in [-0.4, -0.2) is 17.9 Å². The van der Waals surface area contributed by atoms with Gasteiger partial charge in [0.1, 0.15) is 6.04 Å². The van der Waals surface area contributed by atoms with Gasteiger partial charge in [0, 0.05) is 11.4 Å². The molecule has 1 atom stereocenters. The largest absolute Gasteiger partial charge is 0.344 e. The molecule has 0 aliphatic carbocycles. The number of nitrogens with one attached hydrogen (secondary N) is 2. The summed E-state index contributed by atoms with van der Waals surface area (Å²) in [5.41, 5.74) is 1.80. The maximum Gasteiger partial charge on any atom is 0.247 e. The summed E-state index contributed by atoms with van der Waals surface area (Å²) in [5.74, 6) is -0.403. The van der Waals surface area contributed by atoms with Crippen LogP contribution < -0.4 is 10.6 Å². The lowest BCUT2D eigenvalue weighted by Gasteiger charge is -2.21. The maximum absolute atomic E-state index is 12.2. The van der Waals surface area contributed by atoms with Crippen LogP contribution in [0.3, 0.4) is 0 Å². The van der Waals surface area contributed by atoms with E-state index in [1.54, 1.807) is 0 Å². The van der Waals surface area contributed by atoms with Crippen molar-refractivity contribution in [3.8, 4) is 0 Å². The number of rotatable bonds is 4. The fourth-order valence-corrected chi connectivity index (χ4v) is 2.28. The minimum absolute atomic E-state index is 0.0214. The Morgan fingerprint density at radius 2 is 1.89 bits per heavy atom. The highest BCUT2D eigenvalue weighted by Gasteiger charge is 2.23. The van der Waals surface area contributed by atoms with E-state index in [2.05, 4.69) is 26.6 Å². The molecule has 1 rings (SSSR count). The van der Waals surface area contributed by atoms with Crippen LogP contribution >= 0.6 is 15.9 Å². The summed E-state index contributed by atoms with van der Waals surface area (Å²) in [6, 6.07) is 5.15. The van der Waals surface area contributed by atoms with E-state index in [9.17, 15) is 9.59 Å². The molecule has 19 heavy (non-hydrogen) atoms. The first kappa shape index (κ1) is 15.7. The number of aryl methyl sites for hydroxylation is 1. The Labute approximate surface area is 122 Å². The third kappa shape index (κ3) is 4.67. The van der Waals surface area contributed by atoms with E-state index in [1.807, 2.05) is 39.0 Å². The number of amides is 2. The van der Waals surface area contributed by atoms with Crippen molar-refractivity contribution >= 4 is 33.4 Å². The van der Waals surface area contributed by atoms with Crippen molar-refractivity contribution in [2.24, 2.45) is 5.92 Å². The van der Waals surface area contributed by atoms with Crippen molar-refractivity contribution in [3.63, 3.8) is 0 Å². The second-order valence-corrected chi connectivity index (χ2v) is 5.75. The minimum Gasteiger partial charge on any atom is -0.344 e. The van der Waals surface area contributed by atoms with Crippen LogP contribution in [0.1, 0.15) is 26.3 Å². The van der Waals surface area contributed by atoms with Gasteiger partial charge in [-0.05, 0) is 46.5 Å². The molecular formula is C14H19BrN2O2. The van der Waals surface area contributed by atoms with Gasteiger partial charge in [-0.1, -0.05) is 19.9 Å². The van der Waals surface area contributed by atoms with Gasteiger partial charge < -0.3 is 10.6 Å². The number of hydrogen-bond donors (Lipinski definition) is 2. The number of halogens is 1. The zero-order valence-electron chi connectivity index (χ0n) is 11.6. The third-order valence-electron chi connectivity index (χ3n) is 2.69. The normalized spacial score (nSPS) is 12.1. The van der Waals surface area contributed by atoms with Crippen LogP contribution in [0.15, 0.2) is 22.7 Å². The molecule has 0 unspecified atom stereocenters. The summed E-state index contributed by atoms with van der Waals surface area (Å²) in [6.45, 7) is 7.17. The summed E-state index contributed by atoms with van der Waals surface area (Å²) >= 11 is 3.41. The van der Waals surface area contributed by atoms with Crippen LogP contribution in [0.25, 0.3) is 0 Å². The van der Waals surface area contributed by atoms with Gasteiger partial charge in [-0.25, -0.2) is 0 Å². The van der Waals surface area contributed by atoms with E-state index in [4.69, 9.17) is 0 Å². The van der Waals surface area contributed by atoms with Gasteiger partial charge in [0.15, 0.2) is 0 Å². The lowest BCUT2D eigenvalue weighted by atomic mass is 10.0. The Kier molecular flexibility index (Phi) is 5.54. The molecular weight excluding hydrogens is 308 g/mol. The monoisotopic (exact) mass is 326 g/mol. The topological polar surface area (TPSA) is 58.2 Å². The molecule has 0 spiro atoms. The van der Waals surface area contributed by atoms with E-state index in [0.29, 0.717) is 5.69 Å². The van der Waals surface area contributed by atoms with E-state index in [1.165, 1.54) is 6.92 Å². The van der Waals surface area contributed by atoms with Gasteiger partial charge in [0.2, 0.25) is 11.8 Å². The fourth-order valence-electron chi connectivity index (χ4n) is 1.69. The Bertz CT molecular complexity index is 486. The van der Waals surface area contributed by atoms with Gasteiger partial charge in [-0.3, -0.25) is 9.59 Å². The van der Waals surface area contributed by atoms with Crippen LogP contribution in [0, 0.1) is 12.8 Å². The lowest BCUT2D eigenvalue weighted by Crippen LogP contribution is -2.46. The molecule has 4 nitrogen and oxygen atoms in total. The summed E-state index contributed by atoms with van der Waals surface area (Å²) in [4.78, 5) is 23.3. The molecule has 2 amide bonds. The zero-order valence-corrected chi connectivity index (χ0v) is 13.2. The molecule has 0 saturated heterocycles. The van der Waals surface area contributed by atoms with Crippen molar-refractivity contribution < 1.29 is 9.59 Å². The first-order chi connectivity index (χ1) is 8.81. The van der Waals surface area contributed by atoms with Crippen molar-refractivity contribution in [3.05, 3.63) is 28.2 Å². The highest BCUT2D eigenvalue weighted by molar-refractivity contribution is 9.10. The van der Waals surface area contributed by atoms with Crippen molar-refractivity contribution in [2.75, 3.05) is 5.32 Å². The van der Waals surface area contributed by atoms with Crippen LogP contribution in [-0.2, 0) is 9.59 Å². The van der Waals surface area contributed by atoms with Crippen LogP contribution in [0.4, 0.5) is 5.69 Å². The zero-order chi connectivity index (χ0) is 14.6. The molecule has 1 aromatic rings.